The highest BCUT2D eigenvalue weighted by atomic mass is 19.4. The van der Waals surface area contributed by atoms with E-state index in [2.05, 4.69) is 20.7 Å². The van der Waals surface area contributed by atoms with Crippen molar-refractivity contribution in [3.05, 3.63) is 71.9 Å². The molecule has 4 rings (SSSR count). The van der Waals surface area contributed by atoms with E-state index in [-0.39, 0.29) is 11.9 Å². The molecule has 0 fully saturated rings. The quantitative estimate of drug-likeness (QED) is 0.293. The number of hydrogen-bond acceptors (Lipinski definition) is 5. The minimum absolute atomic E-state index is 0.00366. The third-order valence-corrected chi connectivity index (χ3v) is 5.23. The van der Waals surface area contributed by atoms with Gasteiger partial charge in [-0.05, 0) is 49.7 Å². The van der Waals surface area contributed by atoms with Gasteiger partial charge in [0.05, 0.1) is 24.0 Å². The first kappa shape index (κ1) is 24.9. The Hall–Kier alpha value is -4.19. The number of halogens is 4. The van der Waals surface area contributed by atoms with Crippen LogP contribution in [-0.4, -0.2) is 26.7 Å². The zero-order valence-corrected chi connectivity index (χ0v) is 19.2. The van der Waals surface area contributed by atoms with Gasteiger partial charge in [0.15, 0.2) is 5.82 Å². The predicted molar refractivity (Wildman–Crippen MR) is 127 cm³/mol. The fourth-order valence-electron chi connectivity index (χ4n) is 3.57. The lowest BCUT2D eigenvalue weighted by Gasteiger charge is -2.12. The molecule has 8 nitrogen and oxygen atoms in total. The van der Waals surface area contributed by atoms with Crippen molar-refractivity contribution < 1.29 is 27.1 Å². The molecule has 0 aliphatic rings. The van der Waals surface area contributed by atoms with Gasteiger partial charge in [-0.25, -0.2) is 18.7 Å². The van der Waals surface area contributed by atoms with Crippen molar-refractivity contribution in [3.8, 4) is 11.1 Å². The predicted octanol–water partition coefficient (Wildman–Crippen LogP) is 5.71. The molecule has 0 aliphatic carbocycles. The average Bonchev–Trinajstić information content (AvgIpc) is 3.19. The molecule has 12 heteroatoms. The number of rotatable bonds is 6. The molecule has 36 heavy (non-hydrogen) atoms. The molecule has 4 N–H and O–H groups in total. The van der Waals surface area contributed by atoms with Gasteiger partial charge in [-0.1, -0.05) is 12.1 Å². The van der Waals surface area contributed by atoms with Gasteiger partial charge in [0.2, 0.25) is 0 Å². The molecular formula is C24H22F4N6O2. The van der Waals surface area contributed by atoms with Gasteiger partial charge in [-0.3, -0.25) is 0 Å². The summed E-state index contributed by atoms with van der Waals surface area (Å²) in [6.07, 6.45) is -1.53. The van der Waals surface area contributed by atoms with Crippen LogP contribution in [0.4, 0.5) is 39.5 Å². The summed E-state index contributed by atoms with van der Waals surface area (Å²) in [5, 5.41) is 8.78. The lowest BCUT2D eigenvalue weighted by Crippen LogP contribution is -2.20. The summed E-state index contributed by atoms with van der Waals surface area (Å²) in [5.74, 6) is -0.717. The van der Waals surface area contributed by atoms with Crippen LogP contribution in [0.2, 0.25) is 0 Å². The lowest BCUT2D eigenvalue weighted by molar-refractivity contribution is -0.137. The van der Waals surface area contributed by atoms with Crippen LogP contribution in [0.3, 0.4) is 0 Å². The van der Waals surface area contributed by atoms with E-state index in [0.29, 0.717) is 36.0 Å². The maximum Gasteiger partial charge on any atom is 0.416 e. The third-order valence-electron chi connectivity index (χ3n) is 5.23. The molecule has 0 spiro atoms. The second kappa shape index (κ2) is 9.82. The monoisotopic (exact) mass is 502 g/mol. The van der Waals surface area contributed by atoms with Crippen LogP contribution in [-0.2, 0) is 17.5 Å². The Labute approximate surface area is 203 Å². The van der Waals surface area contributed by atoms with Crippen molar-refractivity contribution >= 4 is 28.7 Å². The molecule has 2 heterocycles. The van der Waals surface area contributed by atoms with Gasteiger partial charge in [-0.15, -0.1) is 0 Å². The largest absolute Gasteiger partial charge is 0.416 e. The minimum Gasteiger partial charge on any atom is -0.382 e. The van der Waals surface area contributed by atoms with Crippen molar-refractivity contribution in [1.29, 1.82) is 0 Å². The fourth-order valence-corrected chi connectivity index (χ4v) is 3.57. The van der Waals surface area contributed by atoms with E-state index < -0.39 is 29.3 Å². The number of urea groups is 1. The number of nitrogens with zero attached hydrogens (tertiary/aromatic N) is 3. The molecule has 4 aromatic rings. The van der Waals surface area contributed by atoms with E-state index >= 15 is 0 Å². The van der Waals surface area contributed by atoms with E-state index in [1.807, 2.05) is 13.8 Å². The molecule has 2 aromatic heterocycles. The Balaban J connectivity index is 1.56. The number of hydrogen-bond donors (Lipinski definition) is 3. The van der Waals surface area contributed by atoms with Crippen LogP contribution in [0.1, 0.15) is 25.0 Å². The number of carbonyl (C=O) groups excluding carboxylic acids is 1. The third kappa shape index (κ3) is 5.38. The zero-order valence-electron chi connectivity index (χ0n) is 19.2. The summed E-state index contributed by atoms with van der Waals surface area (Å²) in [6, 6.07) is 7.50. The van der Waals surface area contributed by atoms with Gasteiger partial charge in [0.25, 0.3) is 0 Å². The van der Waals surface area contributed by atoms with Crippen LogP contribution in [0.25, 0.3) is 16.6 Å². The maximum absolute atomic E-state index is 13.9. The van der Waals surface area contributed by atoms with Crippen LogP contribution < -0.4 is 16.4 Å². The van der Waals surface area contributed by atoms with Crippen molar-refractivity contribution in [2.45, 2.75) is 32.7 Å². The number of amides is 2. The topological polar surface area (TPSA) is 107 Å². The number of nitrogens with two attached hydrogens (primary N) is 1. The Morgan fingerprint density at radius 1 is 1.14 bits per heavy atom. The number of nitrogen functional groups attached to an aromatic ring is 1. The summed E-state index contributed by atoms with van der Waals surface area (Å²) in [7, 11) is 0. The summed E-state index contributed by atoms with van der Waals surface area (Å²) in [6.45, 7) is 4.14. The summed E-state index contributed by atoms with van der Waals surface area (Å²) in [4.78, 5) is 16.4. The SMILES string of the molecule is CC(C)OCc1cn2ncnc(N)c2c1-c1ccc(NC(=O)Nc2cc(C(F)(F)F)ccc2F)cc1. The molecule has 0 bridgehead atoms. The van der Waals surface area contributed by atoms with E-state index in [1.165, 1.54) is 6.33 Å². The van der Waals surface area contributed by atoms with Gasteiger partial charge < -0.3 is 21.1 Å². The van der Waals surface area contributed by atoms with E-state index in [4.69, 9.17) is 10.5 Å². The molecule has 2 aromatic carbocycles. The summed E-state index contributed by atoms with van der Waals surface area (Å²) < 4.78 is 60.0. The maximum atomic E-state index is 13.9. The van der Waals surface area contributed by atoms with Gasteiger partial charge in [-0.2, -0.15) is 18.3 Å². The number of anilines is 3. The standard InChI is InChI=1S/C24H22F4N6O2/c1-13(2)36-11-15-10-34-21(22(29)30-12-31-34)20(15)14-3-6-17(7-4-14)32-23(35)33-19-9-16(24(26,27)28)5-8-18(19)25/h3-10,12-13H,11H2,1-2H3,(H2,29,30,31)(H2,32,33,35). The molecule has 2 amide bonds. The van der Waals surface area contributed by atoms with Crippen molar-refractivity contribution in [2.24, 2.45) is 0 Å². The first-order valence-corrected chi connectivity index (χ1v) is 10.8. The Bertz CT molecular complexity index is 1400. The average molecular weight is 502 g/mol. The lowest BCUT2D eigenvalue weighted by atomic mass is 10.0. The van der Waals surface area contributed by atoms with Crippen LogP contribution in [0.5, 0.6) is 0 Å². The van der Waals surface area contributed by atoms with Gasteiger partial charge >= 0.3 is 12.2 Å². The number of carbonyl (C=O) groups is 1. The smallest absolute Gasteiger partial charge is 0.382 e. The molecular weight excluding hydrogens is 480 g/mol. The zero-order chi connectivity index (χ0) is 26.0. The van der Waals surface area contributed by atoms with Crippen LogP contribution >= 0.6 is 0 Å². The summed E-state index contributed by atoms with van der Waals surface area (Å²) >= 11 is 0. The first-order valence-electron chi connectivity index (χ1n) is 10.8. The molecule has 0 atom stereocenters. The molecule has 0 saturated carbocycles. The molecule has 0 unspecified atom stereocenters. The fraction of sp³-hybridized carbons (Fsp3) is 0.208. The highest BCUT2D eigenvalue weighted by Crippen LogP contribution is 2.34. The molecule has 0 radical (unpaired) electrons. The van der Waals surface area contributed by atoms with Crippen molar-refractivity contribution in [1.82, 2.24) is 14.6 Å². The Morgan fingerprint density at radius 2 is 1.86 bits per heavy atom. The van der Waals surface area contributed by atoms with Crippen molar-refractivity contribution in [2.75, 3.05) is 16.4 Å². The van der Waals surface area contributed by atoms with Crippen LogP contribution in [0, 0.1) is 5.82 Å². The second-order valence-electron chi connectivity index (χ2n) is 8.18. The normalized spacial score (nSPS) is 11.8. The molecule has 0 aliphatic heterocycles. The highest BCUT2D eigenvalue weighted by Gasteiger charge is 2.31. The number of alkyl halides is 3. The highest BCUT2D eigenvalue weighted by molar-refractivity contribution is 6.00. The van der Waals surface area contributed by atoms with Crippen LogP contribution in [0.15, 0.2) is 55.0 Å². The molecule has 188 valence electrons. The number of ether oxygens (including phenoxy) is 1. The van der Waals surface area contributed by atoms with E-state index in [9.17, 15) is 22.4 Å². The number of nitrogens with one attached hydrogen (secondary N) is 2. The number of aromatic nitrogens is 3. The Morgan fingerprint density at radius 3 is 2.53 bits per heavy atom. The van der Waals surface area contributed by atoms with Crippen molar-refractivity contribution in [3.63, 3.8) is 0 Å². The minimum atomic E-state index is -4.67. The second-order valence-corrected chi connectivity index (χ2v) is 8.18. The summed E-state index contributed by atoms with van der Waals surface area (Å²) in [5.41, 5.74) is 7.69. The molecule has 0 saturated heterocycles. The van der Waals surface area contributed by atoms with Gasteiger partial charge in [0, 0.05) is 23.0 Å². The first-order chi connectivity index (χ1) is 17.0. The van der Waals surface area contributed by atoms with E-state index in [1.54, 1.807) is 35.0 Å². The number of fused-ring (bicyclic) bond motifs is 1. The Kier molecular flexibility index (Phi) is 6.80. The van der Waals surface area contributed by atoms with Gasteiger partial charge in [0.1, 0.15) is 17.7 Å². The van der Waals surface area contributed by atoms with E-state index in [0.717, 1.165) is 16.7 Å². The number of benzene rings is 2.